The summed E-state index contributed by atoms with van der Waals surface area (Å²) < 4.78 is 11.4. The predicted molar refractivity (Wildman–Crippen MR) is 124 cm³/mol. The summed E-state index contributed by atoms with van der Waals surface area (Å²) in [5, 5.41) is 9.44. The van der Waals surface area contributed by atoms with Gasteiger partial charge in [0.05, 0.1) is 12.2 Å². The fourth-order valence-electron chi connectivity index (χ4n) is 3.29. The van der Waals surface area contributed by atoms with E-state index in [1.807, 2.05) is 42.1 Å². The summed E-state index contributed by atoms with van der Waals surface area (Å²) in [7, 11) is 0. The van der Waals surface area contributed by atoms with E-state index in [9.17, 15) is 9.90 Å². The summed E-state index contributed by atoms with van der Waals surface area (Å²) >= 11 is 1.89. The first-order valence-electron chi connectivity index (χ1n) is 10.1. The number of fused-ring (bicyclic) bond motifs is 1. The van der Waals surface area contributed by atoms with Crippen molar-refractivity contribution in [2.75, 3.05) is 30.3 Å². The van der Waals surface area contributed by atoms with Crippen molar-refractivity contribution >= 4 is 29.5 Å². The molecule has 5 nitrogen and oxygen atoms in total. The molecule has 0 atom stereocenters. The quantitative estimate of drug-likeness (QED) is 0.390. The normalized spacial score (nSPS) is 13.4. The van der Waals surface area contributed by atoms with Crippen molar-refractivity contribution in [3.05, 3.63) is 90.2 Å². The monoisotopic (exact) mass is 433 g/mol. The van der Waals surface area contributed by atoms with Crippen molar-refractivity contribution in [2.24, 2.45) is 0 Å². The molecule has 31 heavy (non-hydrogen) atoms. The number of nitrogens with zero attached hydrogens (tertiary/aromatic N) is 1. The Morgan fingerprint density at radius 1 is 0.968 bits per heavy atom. The smallest absolute Gasteiger partial charge is 0.371 e. The van der Waals surface area contributed by atoms with Gasteiger partial charge >= 0.3 is 5.97 Å². The summed E-state index contributed by atoms with van der Waals surface area (Å²) in [6.07, 6.45) is 1.50. The Morgan fingerprint density at radius 3 is 2.48 bits per heavy atom. The third-order valence-corrected chi connectivity index (χ3v) is 5.86. The van der Waals surface area contributed by atoms with Crippen molar-refractivity contribution in [2.45, 2.75) is 4.90 Å². The molecule has 0 aromatic heterocycles. The Bertz CT molecular complexity index is 1050. The summed E-state index contributed by atoms with van der Waals surface area (Å²) in [6, 6.07) is 24.6. The first-order valence-corrected chi connectivity index (χ1v) is 11.0. The largest absolute Gasteiger partial charge is 0.492 e. The number of carboxylic acids is 1. The van der Waals surface area contributed by atoms with Gasteiger partial charge in [0.2, 0.25) is 5.76 Å². The molecule has 0 aliphatic carbocycles. The van der Waals surface area contributed by atoms with E-state index in [2.05, 4.69) is 29.2 Å². The molecule has 6 heteroatoms. The second kappa shape index (κ2) is 10.1. The maximum Gasteiger partial charge on any atom is 0.371 e. The Morgan fingerprint density at radius 2 is 1.71 bits per heavy atom. The van der Waals surface area contributed by atoms with Gasteiger partial charge < -0.3 is 19.5 Å². The summed E-state index contributed by atoms with van der Waals surface area (Å²) in [5.41, 5.74) is 1.99. The number of thioether (sulfide) groups is 1. The molecule has 0 saturated carbocycles. The lowest BCUT2D eigenvalue weighted by atomic mass is 10.2. The van der Waals surface area contributed by atoms with E-state index < -0.39 is 5.97 Å². The second-order valence-electron chi connectivity index (χ2n) is 6.95. The van der Waals surface area contributed by atoms with Crippen LogP contribution in [-0.2, 0) is 4.79 Å². The van der Waals surface area contributed by atoms with Gasteiger partial charge in [-0.15, -0.1) is 11.8 Å². The highest BCUT2D eigenvalue weighted by Crippen LogP contribution is 2.34. The first kappa shape index (κ1) is 20.9. The molecule has 1 aliphatic rings. The van der Waals surface area contributed by atoms with Crippen molar-refractivity contribution < 1.29 is 19.4 Å². The van der Waals surface area contributed by atoms with E-state index >= 15 is 0 Å². The molecule has 158 valence electrons. The summed E-state index contributed by atoms with van der Waals surface area (Å²) in [6.45, 7) is 2.40. The Kier molecular flexibility index (Phi) is 6.79. The summed E-state index contributed by atoms with van der Waals surface area (Å²) in [5.74, 6) is 1.05. The molecule has 0 unspecified atom stereocenters. The highest BCUT2D eigenvalue weighted by Gasteiger charge is 2.16. The number of aliphatic carboxylic acids is 1. The third-order valence-electron chi connectivity index (χ3n) is 4.81. The van der Waals surface area contributed by atoms with Crippen LogP contribution in [0.3, 0.4) is 0 Å². The molecular formula is C25H23NO4S. The van der Waals surface area contributed by atoms with E-state index in [0.29, 0.717) is 12.4 Å². The molecule has 0 spiro atoms. The van der Waals surface area contributed by atoms with Gasteiger partial charge in [-0.25, -0.2) is 4.79 Å². The van der Waals surface area contributed by atoms with Gasteiger partial charge in [-0.3, -0.25) is 0 Å². The lowest BCUT2D eigenvalue weighted by Gasteiger charge is -2.30. The lowest BCUT2D eigenvalue weighted by molar-refractivity contribution is -0.134. The van der Waals surface area contributed by atoms with Crippen LogP contribution in [0.4, 0.5) is 5.69 Å². The standard InChI is InChI=1S/C25H23NO4S/c27-25(28)23(30-21-6-2-1-3-7-21)18-19-10-12-20(13-11-19)29-16-14-26-15-17-31-24-9-5-4-8-22(24)26/h1-13,18H,14-17H2,(H,27,28)/b23-18-. The van der Waals surface area contributed by atoms with Gasteiger partial charge in [-0.2, -0.15) is 0 Å². The van der Waals surface area contributed by atoms with Gasteiger partial charge in [-0.05, 0) is 48.0 Å². The second-order valence-corrected chi connectivity index (χ2v) is 8.09. The molecule has 4 rings (SSSR count). The molecule has 3 aromatic rings. The van der Waals surface area contributed by atoms with Gasteiger partial charge in [0, 0.05) is 17.2 Å². The van der Waals surface area contributed by atoms with Crippen LogP contribution in [0.25, 0.3) is 6.08 Å². The number of ether oxygens (including phenoxy) is 2. The number of carbonyl (C=O) groups is 1. The third kappa shape index (κ3) is 5.61. The molecular weight excluding hydrogens is 410 g/mol. The topological polar surface area (TPSA) is 59.0 Å². The van der Waals surface area contributed by atoms with E-state index in [1.165, 1.54) is 16.7 Å². The van der Waals surface area contributed by atoms with Crippen molar-refractivity contribution in [3.8, 4) is 11.5 Å². The van der Waals surface area contributed by atoms with Crippen molar-refractivity contribution in [1.29, 1.82) is 0 Å². The molecule has 0 saturated heterocycles. The van der Waals surface area contributed by atoms with Gasteiger partial charge in [0.15, 0.2) is 0 Å². The van der Waals surface area contributed by atoms with Crippen LogP contribution in [0.5, 0.6) is 11.5 Å². The molecule has 1 heterocycles. The minimum absolute atomic E-state index is 0.137. The summed E-state index contributed by atoms with van der Waals surface area (Å²) in [4.78, 5) is 15.2. The Labute approximate surface area is 185 Å². The number of carboxylic acid groups (broad SMARTS) is 1. The zero-order valence-electron chi connectivity index (χ0n) is 16.9. The molecule has 1 N–H and O–H groups in total. The number of anilines is 1. The van der Waals surface area contributed by atoms with Crippen LogP contribution in [0.1, 0.15) is 5.56 Å². The van der Waals surface area contributed by atoms with E-state index in [1.54, 1.807) is 24.3 Å². The number of benzene rings is 3. The average Bonchev–Trinajstić information content (AvgIpc) is 2.80. The first-order chi connectivity index (χ1) is 15.2. The minimum atomic E-state index is -1.12. The van der Waals surface area contributed by atoms with E-state index in [0.717, 1.165) is 30.2 Å². The number of hydrogen-bond donors (Lipinski definition) is 1. The number of para-hydroxylation sites is 2. The number of hydrogen-bond acceptors (Lipinski definition) is 5. The highest BCUT2D eigenvalue weighted by molar-refractivity contribution is 7.99. The van der Waals surface area contributed by atoms with Gasteiger partial charge in [0.1, 0.15) is 18.1 Å². The molecule has 1 aliphatic heterocycles. The van der Waals surface area contributed by atoms with Crippen LogP contribution in [-0.4, -0.2) is 36.5 Å². The predicted octanol–water partition coefficient (Wildman–Crippen LogP) is 5.18. The van der Waals surface area contributed by atoms with Crippen LogP contribution >= 0.6 is 11.8 Å². The Balaban J connectivity index is 1.35. The fraction of sp³-hybridized carbons (Fsp3) is 0.160. The molecule has 0 bridgehead atoms. The van der Waals surface area contributed by atoms with Crippen LogP contribution in [0, 0.1) is 0 Å². The van der Waals surface area contributed by atoms with Gasteiger partial charge in [0.25, 0.3) is 0 Å². The van der Waals surface area contributed by atoms with Crippen LogP contribution in [0.15, 0.2) is 89.5 Å². The Hall–Kier alpha value is -3.38. The lowest BCUT2D eigenvalue weighted by Crippen LogP contribution is -2.33. The zero-order chi connectivity index (χ0) is 21.5. The fourth-order valence-corrected chi connectivity index (χ4v) is 4.35. The molecule has 3 aromatic carbocycles. The van der Waals surface area contributed by atoms with Crippen LogP contribution < -0.4 is 14.4 Å². The van der Waals surface area contributed by atoms with E-state index in [4.69, 9.17) is 9.47 Å². The highest BCUT2D eigenvalue weighted by atomic mass is 32.2. The maximum atomic E-state index is 11.5. The molecule has 0 amide bonds. The molecule has 0 fully saturated rings. The van der Waals surface area contributed by atoms with Crippen molar-refractivity contribution in [1.82, 2.24) is 0 Å². The number of rotatable bonds is 8. The maximum absolute atomic E-state index is 11.5. The van der Waals surface area contributed by atoms with Gasteiger partial charge in [-0.1, -0.05) is 42.5 Å². The van der Waals surface area contributed by atoms with Crippen molar-refractivity contribution in [3.63, 3.8) is 0 Å². The minimum Gasteiger partial charge on any atom is -0.492 e. The zero-order valence-corrected chi connectivity index (χ0v) is 17.8. The molecule has 0 radical (unpaired) electrons. The SMILES string of the molecule is O=C(O)/C(=C/c1ccc(OCCN2CCSc3ccccc32)cc1)Oc1ccccc1. The average molecular weight is 434 g/mol. The van der Waals surface area contributed by atoms with Crippen LogP contribution in [0.2, 0.25) is 0 Å². The van der Waals surface area contributed by atoms with E-state index in [-0.39, 0.29) is 5.76 Å².